The van der Waals surface area contributed by atoms with Crippen molar-refractivity contribution in [3.8, 4) is 5.75 Å². The highest BCUT2D eigenvalue weighted by Crippen LogP contribution is 2.41. The number of nitro groups is 1. The molecule has 24 heavy (non-hydrogen) atoms. The molecule has 1 heterocycles. The number of sulfonamides is 1. The molecule has 0 N–H and O–H groups in total. The number of benzene rings is 2. The number of hydrogen-bond acceptors (Lipinski definition) is 5. The van der Waals surface area contributed by atoms with Crippen LogP contribution in [-0.4, -0.2) is 27.0 Å². The molecule has 2 aromatic rings. The van der Waals surface area contributed by atoms with Crippen LogP contribution >= 0.6 is 0 Å². The Bertz CT molecular complexity index is 910. The number of fused-ring (bicyclic) bond motifs is 1. The van der Waals surface area contributed by atoms with Gasteiger partial charge in [0.15, 0.2) is 0 Å². The number of para-hydroxylation sites is 1. The summed E-state index contributed by atoms with van der Waals surface area (Å²) in [5, 5.41) is 10.9. The van der Waals surface area contributed by atoms with Gasteiger partial charge in [-0.1, -0.05) is 25.1 Å². The minimum Gasteiger partial charge on any atom is -0.495 e. The van der Waals surface area contributed by atoms with E-state index in [-0.39, 0.29) is 22.3 Å². The summed E-state index contributed by atoms with van der Waals surface area (Å²) in [6.45, 7) is 2.28. The minimum absolute atomic E-state index is 0.0405. The summed E-state index contributed by atoms with van der Waals surface area (Å²) in [6, 6.07) is 10.8. The van der Waals surface area contributed by atoms with Crippen molar-refractivity contribution in [2.45, 2.75) is 17.7 Å². The van der Waals surface area contributed by atoms with E-state index in [1.165, 1.54) is 23.5 Å². The maximum atomic E-state index is 13.1. The van der Waals surface area contributed by atoms with Crippen LogP contribution in [0, 0.1) is 10.1 Å². The van der Waals surface area contributed by atoms with Crippen molar-refractivity contribution in [1.29, 1.82) is 0 Å². The maximum absolute atomic E-state index is 13.1. The van der Waals surface area contributed by atoms with Gasteiger partial charge in [0.05, 0.1) is 23.8 Å². The van der Waals surface area contributed by atoms with Crippen molar-refractivity contribution in [3.05, 3.63) is 58.1 Å². The molecule has 0 saturated carbocycles. The van der Waals surface area contributed by atoms with Gasteiger partial charge in [-0.05, 0) is 17.7 Å². The van der Waals surface area contributed by atoms with Gasteiger partial charge in [0.2, 0.25) is 0 Å². The van der Waals surface area contributed by atoms with E-state index in [4.69, 9.17) is 4.74 Å². The largest absolute Gasteiger partial charge is 0.495 e. The van der Waals surface area contributed by atoms with Crippen LogP contribution in [0.4, 0.5) is 11.4 Å². The molecule has 1 atom stereocenters. The standard InChI is InChI=1S/C16H16N2O5S/c1-11-10-17(14-6-4-3-5-13(11)14)24(21,22)16-8-7-12(18(19)20)9-15(16)23-2/h3-9,11H,10H2,1-2H3. The fraction of sp³-hybridized carbons (Fsp3) is 0.250. The van der Waals surface area contributed by atoms with Gasteiger partial charge < -0.3 is 4.74 Å². The number of methoxy groups -OCH3 is 1. The first-order valence-corrected chi connectivity index (χ1v) is 8.74. The van der Waals surface area contributed by atoms with Crippen molar-refractivity contribution >= 4 is 21.4 Å². The second kappa shape index (κ2) is 5.79. The molecule has 2 aromatic carbocycles. The Labute approximate surface area is 139 Å². The van der Waals surface area contributed by atoms with Crippen LogP contribution in [0.3, 0.4) is 0 Å². The molecule has 1 aliphatic heterocycles. The van der Waals surface area contributed by atoms with E-state index in [0.717, 1.165) is 11.6 Å². The van der Waals surface area contributed by atoms with Crippen LogP contribution in [0.25, 0.3) is 0 Å². The molecule has 126 valence electrons. The van der Waals surface area contributed by atoms with Crippen molar-refractivity contribution in [2.24, 2.45) is 0 Å². The van der Waals surface area contributed by atoms with E-state index in [0.29, 0.717) is 12.2 Å². The molecule has 1 unspecified atom stereocenters. The van der Waals surface area contributed by atoms with E-state index >= 15 is 0 Å². The fourth-order valence-electron chi connectivity index (χ4n) is 2.91. The first-order valence-electron chi connectivity index (χ1n) is 7.30. The average molecular weight is 348 g/mol. The lowest BCUT2D eigenvalue weighted by molar-refractivity contribution is -0.385. The lowest BCUT2D eigenvalue weighted by Gasteiger charge is -2.21. The summed E-state index contributed by atoms with van der Waals surface area (Å²) in [5.74, 6) is 0.0289. The summed E-state index contributed by atoms with van der Waals surface area (Å²) in [4.78, 5) is 10.2. The van der Waals surface area contributed by atoms with E-state index < -0.39 is 14.9 Å². The number of nitrogens with zero attached hydrogens (tertiary/aromatic N) is 2. The Kier molecular flexibility index (Phi) is 3.92. The molecule has 0 radical (unpaired) electrons. The highest BCUT2D eigenvalue weighted by atomic mass is 32.2. The van der Waals surface area contributed by atoms with Gasteiger partial charge in [0, 0.05) is 18.5 Å². The molecule has 0 spiro atoms. The number of nitro benzene ring substituents is 1. The zero-order valence-electron chi connectivity index (χ0n) is 13.2. The van der Waals surface area contributed by atoms with Gasteiger partial charge in [0.25, 0.3) is 15.7 Å². The molecule has 0 amide bonds. The lowest BCUT2D eigenvalue weighted by atomic mass is 10.0. The fourth-order valence-corrected chi connectivity index (χ4v) is 4.63. The quantitative estimate of drug-likeness (QED) is 0.626. The Morgan fingerprint density at radius 1 is 1.25 bits per heavy atom. The van der Waals surface area contributed by atoms with Gasteiger partial charge in [-0.2, -0.15) is 0 Å². The number of hydrogen-bond donors (Lipinski definition) is 0. The summed E-state index contributed by atoms with van der Waals surface area (Å²) in [6.07, 6.45) is 0. The Hall–Kier alpha value is -2.61. The molecular formula is C16H16N2O5S. The highest BCUT2D eigenvalue weighted by Gasteiger charge is 2.36. The minimum atomic E-state index is -3.88. The number of non-ortho nitro benzene ring substituents is 1. The number of rotatable bonds is 4. The predicted molar refractivity (Wildman–Crippen MR) is 89.0 cm³/mol. The van der Waals surface area contributed by atoms with Gasteiger partial charge in [0.1, 0.15) is 10.6 Å². The molecule has 8 heteroatoms. The van der Waals surface area contributed by atoms with Gasteiger partial charge in [-0.15, -0.1) is 0 Å². The number of anilines is 1. The van der Waals surface area contributed by atoms with E-state index in [2.05, 4.69) is 0 Å². The van der Waals surface area contributed by atoms with Crippen LogP contribution in [0.2, 0.25) is 0 Å². The Morgan fingerprint density at radius 3 is 2.62 bits per heavy atom. The van der Waals surface area contributed by atoms with Gasteiger partial charge >= 0.3 is 0 Å². The Balaban J connectivity index is 2.11. The normalized spacial score (nSPS) is 16.8. The zero-order chi connectivity index (χ0) is 17.5. The summed E-state index contributed by atoms with van der Waals surface area (Å²) in [7, 11) is -2.59. The monoisotopic (exact) mass is 348 g/mol. The zero-order valence-corrected chi connectivity index (χ0v) is 14.0. The molecule has 3 rings (SSSR count). The van der Waals surface area contributed by atoms with E-state index in [9.17, 15) is 18.5 Å². The smallest absolute Gasteiger partial charge is 0.273 e. The van der Waals surface area contributed by atoms with Crippen LogP contribution in [0.1, 0.15) is 18.4 Å². The summed E-state index contributed by atoms with van der Waals surface area (Å²) in [5.41, 5.74) is 1.37. The van der Waals surface area contributed by atoms with Gasteiger partial charge in [-0.25, -0.2) is 8.42 Å². The highest BCUT2D eigenvalue weighted by molar-refractivity contribution is 7.93. The molecule has 0 fully saturated rings. The molecule has 0 saturated heterocycles. The first-order chi connectivity index (χ1) is 11.4. The Morgan fingerprint density at radius 2 is 1.96 bits per heavy atom. The third-order valence-electron chi connectivity index (χ3n) is 4.10. The third-order valence-corrected chi connectivity index (χ3v) is 5.92. The predicted octanol–water partition coefficient (Wildman–Crippen LogP) is 2.92. The van der Waals surface area contributed by atoms with Crippen LogP contribution in [0.5, 0.6) is 5.75 Å². The topological polar surface area (TPSA) is 89.7 Å². The molecule has 7 nitrogen and oxygen atoms in total. The SMILES string of the molecule is COc1cc([N+](=O)[O-])ccc1S(=O)(=O)N1CC(C)c2ccccc21. The molecule has 0 bridgehead atoms. The second-order valence-electron chi connectivity index (χ2n) is 5.59. The molecule has 0 aliphatic carbocycles. The van der Waals surface area contributed by atoms with E-state index in [1.54, 1.807) is 12.1 Å². The number of ether oxygens (including phenoxy) is 1. The van der Waals surface area contributed by atoms with Crippen LogP contribution < -0.4 is 9.04 Å². The van der Waals surface area contributed by atoms with Gasteiger partial charge in [-0.3, -0.25) is 14.4 Å². The third kappa shape index (κ3) is 2.48. The maximum Gasteiger partial charge on any atom is 0.273 e. The first kappa shape index (κ1) is 16.3. The summed E-state index contributed by atoms with van der Waals surface area (Å²) >= 11 is 0. The van der Waals surface area contributed by atoms with Crippen molar-refractivity contribution in [3.63, 3.8) is 0 Å². The lowest BCUT2D eigenvalue weighted by Crippen LogP contribution is -2.30. The van der Waals surface area contributed by atoms with E-state index in [1.807, 2.05) is 19.1 Å². The molecule has 0 aromatic heterocycles. The summed E-state index contributed by atoms with van der Waals surface area (Å²) < 4.78 is 32.6. The molecule has 1 aliphatic rings. The van der Waals surface area contributed by atoms with Crippen molar-refractivity contribution in [1.82, 2.24) is 0 Å². The average Bonchev–Trinajstić information content (AvgIpc) is 2.92. The van der Waals surface area contributed by atoms with Crippen molar-refractivity contribution in [2.75, 3.05) is 18.0 Å². The molecular weight excluding hydrogens is 332 g/mol. The van der Waals surface area contributed by atoms with Crippen molar-refractivity contribution < 1.29 is 18.1 Å². The van der Waals surface area contributed by atoms with Crippen LogP contribution in [-0.2, 0) is 10.0 Å². The second-order valence-corrected chi connectivity index (χ2v) is 7.42. The van der Waals surface area contributed by atoms with Crippen LogP contribution in [0.15, 0.2) is 47.4 Å².